The molecule has 0 radical (unpaired) electrons. The number of hydrogen-bond donors (Lipinski definition) is 1. The number of ether oxygens (including phenoxy) is 3. The van der Waals surface area contributed by atoms with Crippen LogP contribution >= 0.6 is 0 Å². The van der Waals surface area contributed by atoms with Crippen molar-refractivity contribution < 1.29 is 38.2 Å². The number of nitrogens with zero attached hydrogens (tertiary/aromatic N) is 1. The molecule has 0 aromatic heterocycles. The number of unbranched alkanes of at least 4 members (excludes halogenated alkanes) is 23. The molecule has 1 aliphatic heterocycles. The van der Waals surface area contributed by atoms with Crippen molar-refractivity contribution in [1.82, 2.24) is 4.90 Å². The maximum Gasteiger partial charge on any atom is 0.311 e. The molecular formula is C73H152N2O8. The molecule has 83 heavy (non-hydrogen) atoms. The van der Waals surface area contributed by atoms with Crippen molar-refractivity contribution in [2.45, 2.75) is 393 Å². The number of aldehydes is 1. The quantitative estimate of drug-likeness (QED) is 0.0273. The molecule has 502 valence electrons. The fourth-order valence-corrected chi connectivity index (χ4v) is 9.35. The second-order valence-electron chi connectivity index (χ2n) is 23.7. The lowest BCUT2D eigenvalue weighted by molar-refractivity contribution is -0.154. The van der Waals surface area contributed by atoms with Crippen molar-refractivity contribution in [3.8, 4) is 0 Å². The van der Waals surface area contributed by atoms with Crippen LogP contribution in [0.4, 0.5) is 0 Å². The van der Waals surface area contributed by atoms with Crippen LogP contribution in [-0.4, -0.2) is 75.0 Å². The maximum atomic E-state index is 12.6. The van der Waals surface area contributed by atoms with Crippen molar-refractivity contribution in [3.63, 3.8) is 0 Å². The Bertz CT molecular complexity index is 1170. The Morgan fingerprint density at radius 2 is 0.892 bits per heavy atom. The molecule has 1 aliphatic rings. The lowest BCUT2D eigenvalue weighted by Crippen LogP contribution is -2.27. The van der Waals surface area contributed by atoms with E-state index in [0.29, 0.717) is 32.5 Å². The van der Waals surface area contributed by atoms with Crippen LogP contribution in [0.25, 0.3) is 0 Å². The smallest absolute Gasteiger partial charge is 0.311 e. The Balaban J connectivity index is -0.000000205. The number of primary amides is 1. The first-order chi connectivity index (χ1) is 40.2. The Morgan fingerprint density at radius 3 is 1.33 bits per heavy atom. The summed E-state index contributed by atoms with van der Waals surface area (Å²) >= 11 is 0. The van der Waals surface area contributed by atoms with Gasteiger partial charge < -0.3 is 29.6 Å². The first kappa shape index (κ1) is 94.2. The van der Waals surface area contributed by atoms with Crippen LogP contribution in [0.15, 0.2) is 0 Å². The number of carbonyl (C=O) groups excluding carboxylic acids is 5. The van der Waals surface area contributed by atoms with Crippen LogP contribution in [0.2, 0.25) is 0 Å². The third-order valence-corrected chi connectivity index (χ3v) is 14.8. The molecule has 10 nitrogen and oxygen atoms in total. The number of nitrogens with two attached hydrogens (primary N) is 1. The Hall–Kier alpha value is -2.49. The number of likely N-dealkylation sites (tertiary alicyclic amines) is 1. The zero-order chi connectivity index (χ0) is 64.1. The predicted octanol–water partition coefficient (Wildman–Crippen LogP) is 22.5. The summed E-state index contributed by atoms with van der Waals surface area (Å²) in [5.74, 6) is 1.73. The molecule has 0 aromatic carbocycles. The van der Waals surface area contributed by atoms with Gasteiger partial charge in [0.1, 0.15) is 12.4 Å². The fourth-order valence-electron chi connectivity index (χ4n) is 9.35. The van der Waals surface area contributed by atoms with Gasteiger partial charge in [-0.3, -0.25) is 19.2 Å². The summed E-state index contributed by atoms with van der Waals surface area (Å²) < 4.78 is 16.3. The molecule has 0 saturated carbocycles. The highest BCUT2D eigenvalue weighted by atomic mass is 16.5. The maximum absolute atomic E-state index is 12.6. The standard InChI is InChI=1S/C28H55NO2.C26H50O4.C7H16.C4H10.C3H6O.2C2H6.CH3NO/c1-5-7-11-18-26(19-12-8-6-2)20-17-25-31-27(30)28(3,4)21-13-9-10-14-22-29-23-15-16-24-29;1-3-5-7-9-12-16-20-25(21-17-13-10-8-6-4-2)30-26(28)22-18-14-11-15-19-23-29-24-27;1-4-5-6-7(2)3;1-3-4-2;1-2-3-4;2*1-2;2-1-3/h26H,5-25H2,1-4H3;24-25H,3-23H2,1-2H3;7H,4-6H2,1-3H3;3-4H2,1-2H3;3H,2H2,1H3;2*1-2H3;1H,(H2,2,3). The van der Waals surface area contributed by atoms with Gasteiger partial charge in [-0.1, -0.05) is 283 Å². The van der Waals surface area contributed by atoms with Crippen molar-refractivity contribution in [3.05, 3.63) is 0 Å². The molecular weight excluding hydrogens is 1030 g/mol. The average Bonchev–Trinajstić information content (AvgIpc) is 4.02. The van der Waals surface area contributed by atoms with Gasteiger partial charge in [0.05, 0.1) is 18.6 Å². The number of carbonyl (C=O) groups is 5. The molecule has 0 unspecified atom stereocenters. The van der Waals surface area contributed by atoms with Gasteiger partial charge in [0.15, 0.2) is 0 Å². The number of amides is 1. The summed E-state index contributed by atoms with van der Waals surface area (Å²) in [5, 5.41) is 0. The van der Waals surface area contributed by atoms with Crippen LogP contribution in [0.3, 0.4) is 0 Å². The van der Waals surface area contributed by atoms with E-state index >= 15 is 0 Å². The molecule has 0 bridgehead atoms. The van der Waals surface area contributed by atoms with E-state index in [9.17, 15) is 19.2 Å². The van der Waals surface area contributed by atoms with E-state index in [-0.39, 0.29) is 29.9 Å². The minimum absolute atomic E-state index is 0.0121. The lowest BCUT2D eigenvalue weighted by atomic mass is 9.87. The van der Waals surface area contributed by atoms with Crippen LogP contribution < -0.4 is 5.73 Å². The highest BCUT2D eigenvalue weighted by Gasteiger charge is 2.28. The molecule has 0 aromatic rings. The summed E-state index contributed by atoms with van der Waals surface area (Å²) in [6.07, 6.45) is 53.3. The van der Waals surface area contributed by atoms with Gasteiger partial charge in [-0.25, -0.2) is 0 Å². The first-order valence-electron chi connectivity index (χ1n) is 36.0. The topological polar surface area (TPSA) is 142 Å². The summed E-state index contributed by atoms with van der Waals surface area (Å²) in [4.78, 5) is 55.3. The Labute approximate surface area is 520 Å². The van der Waals surface area contributed by atoms with Crippen LogP contribution in [0, 0.1) is 17.3 Å². The third-order valence-electron chi connectivity index (χ3n) is 14.8. The van der Waals surface area contributed by atoms with Gasteiger partial charge >= 0.3 is 11.9 Å². The second-order valence-corrected chi connectivity index (χ2v) is 23.7. The van der Waals surface area contributed by atoms with E-state index in [4.69, 9.17) is 14.3 Å². The van der Waals surface area contributed by atoms with E-state index in [1.165, 1.54) is 219 Å². The Kier molecular flexibility index (Phi) is 97.5. The SMILES string of the molecule is CC.CC.CCC=O.CCCC.CCCCC(C)C.CCCCCC(CCCCC)CCCOC(=O)C(C)(C)CCCCCCN1CCCC1.CCCCCCCCC(CCCCCCCC)OC(=O)CCCCCCCOC=O.NC=O. The summed E-state index contributed by atoms with van der Waals surface area (Å²) in [6.45, 7) is 39.6. The third kappa shape index (κ3) is 88.4. The summed E-state index contributed by atoms with van der Waals surface area (Å²) in [6, 6.07) is 0. The van der Waals surface area contributed by atoms with Crippen molar-refractivity contribution >= 4 is 31.1 Å². The zero-order valence-electron chi connectivity index (χ0n) is 59.2. The monoisotopic (exact) mass is 1190 g/mol. The largest absolute Gasteiger partial charge is 0.468 e. The van der Waals surface area contributed by atoms with E-state index in [2.05, 4.69) is 91.5 Å². The highest BCUT2D eigenvalue weighted by molar-refractivity contribution is 5.75. The molecule has 1 heterocycles. The summed E-state index contributed by atoms with van der Waals surface area (Å²) in [7, 11) is 0. The zero-order valence-corrected chi connectivity index (χ0v) is 59.2. The number of rotatable bonds is 49. The van der Waals surface area contributed by atoms with E-state index < -0.39 is 0 Å². The molecule has 0 atom stereocenters. The molecule has 0 aliphatic carbocycles. The van der Waals surface area contributed by atoms with Gasteiger partial charge in [0.25, 0.3) is 6.47 Å². The van der Waals surface area contributed by atoms with Crippen LogP contribution in [0.1, 0.15) is 387 Å². The molecule has 1 fully saturated rings. The molecule has 2 N–H and O–H groups in total. The van der Waals surface area contributed by atoms with Gasteiger partial charge in [-0.15, -0.1) is 0 Å². The van der Waals surface area contributed by atoms with Crippen LogP contribution in [-0.2, 0) is 38.2 Å². The normalized spacial score (nSPS) is 11.5. The highest BCUT2D eigenvalue weighted by Crippen LogP contribution is 2.27. The minimum atomic E-state index is -0.337. The van der Waals surface area contributed by atoms with E-state index in [1.807, 2.05) is 34.6 Å². The molecule has 1 amide bonds. The van der Waals surface area contributed by atoms with Crippen molar-refractivity contribution in [1.29, 1.82) is 0 Å². The minimum Gasteiger partial charge on any atom is -0.468 e. The summed E-state index contributed by atoms with van der Waals surface area (Å²) in [5.41, 5.74) is 3.83. The lowest BCUT2D eigenvalue weighted by Gasteiger charge is -2.23. The van der Waals surface area contributed by atoms with Gasteiger partial charge in [-0.2, -0.15) is 0 Å². The second kappa shape index (κ2) is 86.0. The molecule has 1 saturated heterocycles. The van der Waals surface area contributed by atoms with Gasteiger partial charge in [-0.05, 0) is 122 Å². The first-order valence-corrected chi connectivity index (χ1v) is 36.0. The van der Waals surface area contributed by atoms with Crippen LogP contribution in [0.5, 0.6) is 0 Å². The number of hydrogen-bond acceptors (Lipinski definition) is 9. The molecule has 1 rings (SSSR count). The van der Waals surface area contributed by atoms with Crippen molar-refractivity contribution in [2.75, 3.05) is 32.8 Å². The molecule has 0 spiro atoms. The van der Waals surface area contributed by atoms with E-state index in [1.54, 1.807) is 0 Å². The Morgan fingerprint density at radius 1 is 0.494 bits per heavy atom. The predicted molar refractivity (Wildman–Crippen MR) is 364 cm³/mol. The van der Waals surface area contributed by atoms with Gasteiger partial charge in [0, 0.05) is 12.8 Å². The van der Waals surface area contributed by atoms with Gasteiger partial charge in [0.2, 0.25) is 6.41 Å². The van der Waals surface area contributed by atoms with Crippen molar-refractivity contribution in [2.24, 2.45) is 23.0 Å². The van der Waals surface area contributed by atoms with E-state index in [0.717, 1.165) is 82.3 Å². The molecule has 10 heteroatoms. The number of esters is 2. The fraction of sp³-hybridized carbons (Fsp3) is 0.932. The average molecular weight is 1190 g/mol.